The number of carbonyl (C=O) groups excluding carboxylic acids is 1. The van der Waals surface area contributed by atoms with E-state index in [9.17, 15) is 4.79 Å². The van der Waals surface area contributed by atoms with Crippen LogP contribution in [-0.2, 0) is 0 Å². The minimum absolute atomic E-state index is 0.192. The van der Waals surface area contributed by atoms with E-state index in [2.05, 4.69) is 0 Å². The summed E-state index contributed by atoms with van der Waals surface area (Å²) in [7, 11) is 3.16. The number of benzene rings is 1. The number of hydrogen-bond acceptors (Lipinski definition) is 4. The Labute approximate surface area is 111 Å². The summed E-state index contributed by atoms with van der Waals surface area (Å²) < 4.78 is 15.4. The van der Waals surface area contributed by atoms with Gasteiger partial charge in [-0.25, -0.2) is 0 Å². The largest absolute Gasteiger partial charge is 0.497 e. The Bertz CT molecular complexity index is 582. The molecule has 0 saturated heterocycles. The van der Waals surface area contributed by atoms with Gasteiger partial charge in [0.25, 0.3) is 0 Å². The molecule has 0 bridgehead atoms. The fraction of sp³-hybridized carbons (Fsp3) is 0.133. The third kappa shape index (κ3) is 3.04. The molecule has 0 aliphatic carbocycles. The monoisotopic (exact) mass is 258 g/mol. The molecule has 0 atom stereocenters. The first-order chi connectivity index (χ1) is 9.24. The second kappa shape index (κ2) is 5.91. The topological polar surface area (TPSA) is 48.7 Å². The highest BCUT2D eigenvalue weighted by Gasteiger charge is 2.06. The van der Waals surface area contributed by atoms with Crippen LogP contribution in [0, 0.1) is 0 Å². The molecule has 0 spiro atoms. The van der Waals surface area contributed by atoms with Gasteiger partial charge in [0.1, 0.15) is 11.5 Å². The standard InChI is InChI=1S/C15H14O4/c1-17-12-7-5-11(15(10-12)18-2)6-8-13(16)14-4-3-9-19-14/h3-10H,1-2H3/b8-6+. The predicted molar refractivity (Wildman–Crippen MR) is 71.6 cm³/mol. The van der Waals surface area contributed by atoms with E-state index in [4.69, 9.17) is 13.9 Å². The van der Waals surface area contributed by atoms with Gasteiger partial charge in [-0.1, -0.05) is 0 Å². The Kier molecular flexibility index (Phi) is 4.03. The minimum atomic E-state index is -0.192. The van der Waals surface area contributed by atoms with Gasteiger partial charge in [0.05, 0.1) is 20.5 Å². The van der Waals surface area contributed by atoms with Gasteiger partial charge >= 0.3 is 0 Å². The maximum absolute atomic E-state index is 11.8. The van der Waals surface area contributed by atoms with Crippen LogP contribution in [0.1, 0.15) is 16.1 Å². The summed E-state index contributed by atoms with van der Waals surface area (Å²) in [6, 6.07) is 8.69. The Morgan fingerprint density at radius 1 is 1.21 bits per heavy atom. The molecule has 0 radical (unpaired) electrons. The van der Waals surface area contributed by atoms with Crippen molar-refractivity contribution < 1.29 is 18.7 Å². The molecule has 0 N–H and O–H groups in total. The summed E-state index contributed by atoms with van der Waals surface area (Å²) >= 11 is 0. The first-order valence-corrected chi connectivity index (χ1v) is 5.72. The molecule has 0 amide bonds. The third-order valence-electron chi connectivity index (χ3n) is 2.62. The van der Waals surface area contributed by atoms with E-state index in [1.54, 1.807) is 44.6 Å². The first-order valence-electron chi connectivity index (χ1n) is 5.72. The third-order valence-corrected chi connectivity index (χ3v) is 2.62. The lowest BCUT2D eigenvalue weighted by molar-refractivity contribution is 0.102. The molecule has 1 aromatic heterocycles. The van der Waals surface area contributed by atoms with Gasteiger partial charge in [-0.15, -0.1) is 0 Å². The highest BCUT2D eigenvalue weighted by molar-refractivity contribution is 6.05. The molecule has 0 saturated carbocycles. The van der Waals surface area contributed by atoms with Gasteiger partial charge in [-0.3, -0.25) is 4.79 Å². The molecular formula is C15H14O4. The zero-order valence-corrected chi connectivity index (χ0v) is 10.8. The predicted octanol–water partition coefficient (Wildman–Crippen LogP) is 3.19. The number of hydrogen-bond donors (Lipinski definition) is 0. The molecule has 98 valence electrons. The van der Waals surface area contributed by atoms with Gasteiger partial charge in [0.15, 0.2) is 5.76 Å². The van der Waals surface area contributed by atoms with Crippen LogP contribution in [0.15, 0.2) is 47.1 Å². The van der Waals surface area contributed by atoms with E-state index >= 15 is 0 Å². The Hall–Kier alpha value is -2.49. The average molecular weight is 258 g/mol. The number of methoxy groups -OCH3 is 2. The molecule has 0 unspecified atom stereocenters. The summed E-state index contributed by atoms with van der Waals surface area (Å²) in [6.07, 6.45) is 4.60. The van der Waals surface area contributed by atoms with Crippen LogP contribution in [0.5, 0.6) is 11.5 Å². The zero-order chi connectivity index (χ0) is 13.7. The van der Waals surface area contributed by atoms with Crippen LogP contribution < -0.4 is 9.47 Å². The second-order valence-corrected chi connectivity index (χ2v) is 3.78. The van der Waals surface area contributed by atoms with Crippen molar-refractivity contribution in [3.63, 3.8) is 0 Å². The minimum Gasteiger partial charge on any atom is -0.497 e. The fourth-order valence-corrected chi connectivity index (χ4v) is 1.62. The summed E-state index contributed by atoms with van der Waals surface area (Å²) in [6.45, 7) is 0. The molecule has 0 fully saturated rings. The number of furan rings is 1. The van der Waals surface area contributed by atoms with Crippen LogP contribution in [0.25, 0.3) is 6.08 Å². The number of carbonyl (C=O) groups is 1. The molecule has 19 heavy (non-hydrogen) atoms. The van der Waals surface area contributed by atoms with Crippen molar-refractivity contribution >= 4 is 11.9 Å². The molecule has 0 aliphatic heterocycles. The summed E-state index contributed by atoms with van der Waals surface area (Å²) in [5.74, 6) is 1.46. The van der Waals surface area contributed by atoms with Crippen molar-refractivity contribution in [2.24, 2.45) is 0 Å². The summed E-state index contributed by atoms with van der Waals surface area (Å²) in [4.78, 5) is 11.8. The highest BCUT2D eigenvalue weighted by atomic mass is 16.5. The van der Waals surface area contributed by atoms with E-state index in [1.165, 1.54) is 12.3 Å². The van der Waals surface area contributed by atoms with Crippen molar-refractivity contribution in [1.29, 1.82) is 0 Å². The van der Waals surface area contributed by atoms with Gasteiger partial charge in [-0.2, -0.15) is 0 Å². The smallest absolute Gasteiger partial charge is 0.221 e. The molecule has 1 heterocycles. The Morgan fingerprint density at radius 2 is 2.05 bits per heavy atom. The number of ketones is 1. The lowest BCUT2D eigenvalue weighted by Crippen LogP contribution is -1.92. The van der Waals surface area contributed by atoms with Gasteiger partial charge in [0, 0.05) is 11.6 Å². The molecule has 2 rings (SSSR count). The van der Waals surface area contributed by atoms with Crippen LogP contribution in [0.4, 0.5) is 0 Å². The fourth-order valence-electron chi connectivity index (χ4n) is 1.62. The molecular weight excluding hydrogens is 244 g/mol. The number of rotatable bonds is 5. The van der Waals surface area contributed by atoms with Crippen LogP contribution in [0.2, 0.25) is 0 Å². The van der Waals surface area contributed by atoms with Gasteiger partial charge in [0.2, 0.25) is 5.78 Å². The SMILES string of the molecule is COc1ccc(/C=C/C(=O)c2ccco2)c(OC)c1. The van der Waals surface area contributed by atoms with E-state index in [1.807, 2.05) is 6.07 Å². The molecule has 1 aromatic carbocycles. The highest BCUT2D eigenvalue weighted by Crippen LogP contribution is 2.25. The quantitative estimate of drug-likeness (QED) is 0.610. The van der Waals surface area contributed by atoms with E-state index in [0.29, 0.717) is 17.3 Å². The molecule has 4 heteroatoms. The van der Waals surface area contributed by atoms with Crippen molar-refractivity contribution in [3.8, 4) is 11.5 Å². The number of allylic oxidation sites excluding steroid dienone is 1. The van der Waals surface area contributed by atoms with Crippen molar-refractivity contribution in [1.82, 2.24) is 0 Å². The van der Waals surface area contributed by atoms with Crippen molar-refractivity contribution in [2.75, 3.05) is 14.2 Å². The summed E-state index contributed by atoms with van der Waals surface area (Å²) in [5.41, 5.74) is 0.795. The Morgan fingerprint density at radius 3 is 2.68 bits per heavy atom. The van der Waals surface area contributed by atoms with Gasteiger partial charge < -0.3 is 13.9 Å². The number of ether oxygens (including phenoxy) is 2. The normalized spacial score (nSPS) is 10.6. The van der Waals surface area contributed by atoms with Crippen LogP contribution in [0.3, 0.4) is 0 Å². The molecule has 0 aliphatic rings. The average Bonchev–Trinajstić information content (AvgIpc) is 2.98. The summed E-state index contributed by atoms with van der Waals surface area (Å²) in [5, 5.41) is 0. The zero-order valence-electron chi connectivity index (χ0n) is 10.8. The molecule has 2 aromatic rings. The maximum Gasteiger partial charge on any atom is 0.221 e. The van der Waals surface area contributed by atoms with Crippen LogP contribution in [-0.4, -0.2) is 20.0 Å². The lowest BCUT2D eigenvalue weighted by Gasteiger charge is -2.06. The van der Waals surface area contributed by atoms with Crippen LogP contribution >= 0.6 is 0 Å². The first kappa shape index (κ1) is 13.0. The van der Waals surface area contributed by atoms with E-state index in [-0.39, 0.29) is 5.78 Å². The van der Waals surface area contributed by atoms with Crippen molar-refractivity contribution in [3.05, 3.63) is 54.0 Å². The van der Waals surface area contributed by atoms with E-state index < -0.39 is 0 Å². The maximum atomic E-state index is 11.8. The Balaban J connectivity index is 2.21. The van der Waals surface area contributed by atoms with Crippen molar-refractivity contribution in [2.45, 2.75) is 0 Å². The van der Waals surface area contributed by atoms with E-state index in [0.717, 1.165) is 5.56 Å². The molecule has 4 nitrogen and oxygen atoms in total. The lowest BCUT2D eigenvalue weighted by atomic mass is 10.1. The van der Waals surface area contributed by atoms with Gasteiger partial charge in [-0.05, 0) is 36.4 Å². The second-order valence-electron chi connectivity index (χ2n) is 3.78.